The zero-order chi connectivity index (χ0) is 13.6. The minimum absolute atomic E-state index is 0.195. The second-order valence-corrected chi connectivity index (χ2v) is 8.72. The summed E-state index contributed by atoms with van der Waals surface area (Å²) in [7, 11) is 0. The summed E-state index contributed by atoms with van der Waals surface area (Å²) >= 11 is 2.07. The topological polar surface area (TPSA) is 47.3 Å². The molecule has 6 unspecified atom stereocenters. The lowest BCUT2D eigenvalue weighted by atomic mass is 9.73. The third-order valence-electron chi connectivity index (χ3n) is 6.55. The molecule has 1 spiro atoms. The van der Waals surface area contributed by atoms with Crippen LogP contribution in [0.5, 0.6) is 0 Å². The minimum atomic E-state index is 0.195. The molecule has 0 aromatic rings. The van der Waals surface area contributed by atoms with E-state index in [1.54, 1.807) is 0 Å². The molecule has 114 valence electrons. The maximum absolute atomic E-state index is 6.19. The Morgan fingerprint density at radius 3 is 2.85 bits per heavy atom. The smallest absolute Gasteiger partial charge is 0.0783 e. The standard InChI is InChI=1S/C16H28N2OS/c17-18-15(14-8-11-1-2-12(14)7-11)13-3-5-19-16(9-13)4-6-20-10-16/h11-15,18H,1-10,17H2. The van der Waals surface area contributed by atoms with Crippen LogP contribution in [-0.2, 0) is 4.74 Å². The van der Waals surface area contributed by atoms with Crippen molar-refractivity contribution < 1.29 is 4.74 Å². The number of ether oxygens (including phenoxy) is 1. The predicted molar refractivity (Wildman–Crippen MR) is 83.4 cm³/mol. The molecule has 2 bridgehead atoms. The average Bonchev–Trinajstić information content (AvgIpc) is 3.17. The van der Waals surface area contributed by atoms with Gasteiger partial charge in [0.15, 0.2) is 0 Å². The lowest BCUT2D eigenvalue weighted by molar-refractivity contribution is -0.0899. The Morgan fingerprint density at radius 1 is 1.25 bits per heavy atom. The van der Waals surface area contributed by atoms with Crippen molar-refractivity contribution in [3.05, 3.63) is 0 Å². The number of rotatable bonds is 3. The van der Waals surface area contributed by atoms with E-state index in [-0.39, 0.29) is 5.60 Å². The van der Waals surface area contributed by atoms with Crippen LogP contribution in [0, 0.1) is 23.7 Å². The zero-order valence-corrected chi connectivity index (χ0v) is 13.2. The summed E-state index contributed by atoms with van der Waals surface area (Å²) in [6.45, 7) is 0.949. The van der Waals surface area contributed by atoms with Gasteiger partial charge in [-0.2, -0.15) is 11.8 Å². The van der Waals surface area contributed by atoms with E-state index in [0.717, 1.165) is 30.3 Å². The summed E-state index contributed by atoms with van der Waals surface area (Å²) in [6, 6.07) is 0.539. The second-order valence-electron chi connectivity index (χ2n) is 7.62. The molecule has 2 saturated carbocycles. The molecule has 3 nitrogen and oxygen atoms in total. The fourth-order valence-electron chi connectivity index (χ4n) is 5.58. The van der Waals surface area contributed by atoms with Gasteiger partial charge in [-0.05, 0) is 67.9 Å². The van der Waals surface area contributed by atoms with Gasteiger partial charge in [-0.1, -0.05) is 6.42 Å². The third kappa shape index (κ3) is 2.33. The number of fused-ring (bicyclic) bond motifs is 2. The fourth-order valence-corrected chi connectivity index (χ4v) is 6.96. The van der Waals surface area contributed by atoms with E-state index in [1.165, 1.54) is 56.5 Å². The van der Waals surface area contributed by atoms with Crippen molar-refractivity contribution in [2.75, 3.05) is 18.1 Å². The number of hydrogen-bond acceptors (Lipinski definition) is 4. The monoisotopic (exact) mass is 296 g/mol. The van der Waals surface area contributed by atoms with Crippen molar-refractivity contribution in [3.63, 3.8) is 0 Å². The van der Waals surface area contributed by atoms with Gasteiger partial charge in [-0.25, -0.2) is 0 Å². The first kappa shape index (κ1) is 13.9. The Kier molecular flexibility index (Phi) is 3.78. The van der Waals surface area contributed by atoms with Gasteiger partial charge in [0.2, 0.25) is 0 Å². The first-order valence-corrected chi connectivity index (χ1v) is 9.63. The third-order valence-corrected chi connectivity index (χ3v) is 7.78. The molecule has 2 saturated heterocycles. The molecule has 2 aliphatic carbocycles. The predicted octanol–water partition coefficient (Wildman–Crippen LogP) is 2.56. The van der Waals surface area contributed by atoms with Crippen LogP contribution in [0.4, 0.5) is 0 Å². The Labute approximate surface area is 126 Å². The van der Waals surface area contributed by atoms with Crippen molar-refractivity contribution in [3.8, 4) is 0 Å². The molecule has 0 aromatic heterocycles. The maximum Gasteiger partial charge on any atom is 0.0783 e. The van der Waals surface area contributed by atoms with Crippen LogP contribution in [0.1, 0.15) is 44.9 Å². The second kappa shape index (κ2) is 5.45. The Morgan fingerprint density at radius 2 is 2.20 bits per heavy atom. The molecule has 4 aliphatic rings. The molecule has 4 rings (SSSR count). The molecule has 6 atom stereocenters. The van der Waals surface area contributed by atoms with Crippen molar-refractivity contribution in [1.29, 1.82) is 0 Å². The highest BCUT2D eigenvalue weighted by Crippen LogP contribution is 2.52. The Balaban J connectivity index is 1.47. The highest BCUT2D eigenvalue weighted by Gasteiger charge is 2.48. The minimum Gasteiger partial charge on any atom is -0.374 e. The molecule has 0 amide bonds. The van der Waals surface area contributed by atoms with E-state index in [0.29, 0.717) is 6.04 Å². The van der Waals surface area contributed by atoms with Gasteiger partial charge in [0.1, 0.15) is 0 Å². The van der Waals surface area contributed by atoms with Crippen LogP contribution in [0.15, 0.2) is 0 Å². The Hall–Kier alpha value is 0.230. The molecule has 0 radical (unpaired) electrons. The molecule has 20 heavy (non-hydrogen) atoms. The van der Waals surface area contributed by atoms with Crippen molar-refractivity contribution in [2.24, 2.45) is 29.5 Å². The first-order valence-electron chi connectivity index (χ1n) is 8.47. The quantitative estimate of drug-likeness (QED) is 0.621. The van der Waals surface area contributed by atoms with Gasteiger partial charge in [0.05, 0.1) is 5.60 Å². The fraction of sp³-hybridized carbons (Fsp3) is 1.00. The van der Waals surface area contributed by atoms with E-state index in [1.807, 2.05) is 0 Å². The van der Waals surface area contributed by atoms with Gasteiger partial charge in [0, 0.05) is 18.4 Å². The summed E-state index contributed by atoms with van der Waals surface area (Å²) in [6.07, 6.45) is 9.54. The highest BCUT2D eigenvalue weighted by atomic mass is 32.2. The summed E-state index contributed by atoms with van der Waals surface area (Å²) in [5, 5.41) is 0. The molecule has 4 fully saturated rings. The lowest BCUT2D eigenvalue weighted by Gasteiger charge is -2.43. The van der Waals surface area contributed by atoms with Crippen LogP contribution in [0.2, 0.25) is 0 Å². The summed E-state index contributed by atoms with van der Waals surface area (Å²) < 4.78 is 6.19. The average molecular weight is 296 g/mol. The summed E-state index contributed by atoms with van der Waals surface area (Å²) in [5.74, 6) is 12.0. The molecule has 3 N–H and O–H groups in total. The molecular formula is C16H28N2OS. The first-order chi connectivity index (χ1) is 9.80. The number of thioether (sulfide) groups is 1. The van der Waals surface area contributed by atoms with Gasteiger partial charge < -0.3 is 4.74 Å². The van der Waals surface area contributed by atoms with Crippen molar-refractivity contribution >= 4 is 11.8 Å². The number of nitrogens with one attached hydrogen (secondary N) is 1. The van der Waals surface area contributed by atoms with Crippen molar-refractivity contribution in [2.45, 2.75) is 56.6 Å². The Bertz CT molecular complexity index is 358. The molecule has 0 aromatic carbocycles. The SMILES string of the molecule is NNC(C1CCOC2(CCSC2)C1)C1CC2CCC1C2. The molecule has 2 aliphatic heterocycles. The molecule has 2 heterocycles. The van der Waals surface area contributed by atoms with E-state index in [9.17, 15) is 0 Å². The molecule has 4 heteroatoms. The lowest BCUT2D eigenvalue weighted by Crippen LogP contribution is -2.52. The molecular weight excluding hydrogens is 268 g/mol. The number of hydrogen-bond donors (Lipinski definition) is 2. The largest absolute Gasteiger partial charge is 0.374 e. The highest BCUT2D eigenvalue weighted by molar-refractivity contribution is 7.99. The zero-order valence-electron chi connectivity index (χ0n) is 12.4. The number of hydrazine groups is 1. The van der Waals surface area contributed by atoms with Gasteiger partial charge >= 0.3 is 0 Å². The van der Waals surface area contributed by atoms with Crippen LogP contribution in [0.25, 0.3) is 0 Å². The van der Waals surface area contributed by atoms with E-state index < -0.39 is 0 Å². The van der Waals surface area contributed by atoms with Gasteiger partial charge in [0.25, 0.3) is 0 Å². The van der Waals surface area contributed by atoms with E-state index in [2.05, 4.69) is 17.2 Å². The van der Waals surface area contributed by atoms with Crippen LogP contribution in [-0.4, -0.2) is 29.8 Å². The summed E-state index contributed by atoms with van der Waals surface area (Å²) in [5.41, 5.74) is 3.44. The van der Waals surface area contributed by atoms with E-state index >= 15 is 0 Å². The van der Waals surface area contributed by atoms with Crippen LogP contribution >= 0.6 is 11.8 Å². The number of nitrogens with two attached hydrogens (primary N) is 1. The van der Waals surface area contributed by atoms with E-state index in [4.69, 9.17) is 10.6 Å². The van der Waals surface area contributed by atoms with Crippen LogP contribution < -0.4 is 11.3 Å². The normalized spacial score (nSPS) is 49.0. The van der Waals surface area contributed by atoms with Gasteiger partial charge in [-0.3, -0.25) is 11.3 Å². The van der Waals surface area contributed by atoms with Crippen LogP contribution in [0.3, 0.4) is 0 Å². The maximum atomic E-state index is 6.19. The van der Waals surface area contributed by atoms with Crippen molar-refractivity contribution in [1.82, 2.24) is 5.43 Å². The van der Waals surface area contributed by atoms with Gasteiger partial charge in [-0.15, -0.1) is 0 Å². The summed E-state index contributed by atoms with van der Waals surface area (Å²) in [4.78, 5) is 0.